The number of nitrogens with two attached hydrogens (primary N) is 1. The highest BCUT2D eigenvalue weighted by atomic mass is 35.5. The van der Waals surface area contributed by atoms with E-state index in [1.165, 1.54) is 11.8 Å². The van der Waals surface area contributed by atoms with Crippen LogP contribution in [0.5, 0.6) is 0 Å². The zero-order valence-electron chi connectivity index (χ0n) is 11.1. The lowest BCUT2D eigenvalue weighted by Gasteiger charge is -2.09. The lowest BCUT2D eigenvalue weighted by atomic mass is 10.1. The van der Waals surface area contributed by atoms with Crippen LogP contribution in [0, 0.1) is 13.8 Å². The first-order valence-electron chi connectivity index (χ1n) is 6.01. The summed E-state index contributed by atoms with van der Waals surface area (Å²) in [7, 11) is 0. The molecule has 0 amide bonds. The fourth-order valence-electron chi connectivity index (χ4n) is 1.79. The van der Waals surface area contributed by atoms with Gasteiger partial charge >= 0.3 is 0 Å². The molecule has 0 fully saturated rings. The van der Waals surface area contributed by atoms with E-state index in [0.717, 1.165) is 27.0 Å². The average molecular weight is 294 g/mol. The van der Waals surface area contributed by atoms with Crippen molar-refractivity contribution in [2.45, 2.75) is 36.9 Å². The Kier molecular flexibility index (Phi) is 4.45. The predicted molar refractivity (Wildman–Crippen MR) is 79.7 cm³/mol. The number of benzene rings is 1. The van der Waals surface area contributed by atoms with Crippen LogP contribution in [0.1, 0.15) is 29.9 Å². The molecule has 19 heavy (non-hydrogen) atoms. The Bertz CT molecular complexity index is 579. The number of aryl methyl sites for hydroxylation is 2. The lowest BCUT2D eigenvalue weighted by Crippen LogP contribution is -2.05. The number of aromatic nitrogens is 2. The summed E-state index contributed by atoms with van der Waals surface area (Å²) in [6.45, 7) is 5.84. The highest BCUT2D eigenvalue weighted by Crippen LogP contribution is 2.30. The standard InChI is InChI=1S/C14H16ClN3S/c1-8-6-9(2)18-14(17-8)19-11-4-5-12(10(3)16)13(15)7-11/h4-7,10H,16H2,1-3H3. The molecule has 0 radical (unpaired) electrons. The zero-order chi connectivity index (χ0) is 14.0. The normalized spacial score (nSPS) is 12.5. The van der Waals surface area contributed by atoms with Crippen LogP contribution in [0.3, 0.4) is 0 Å². The first kappa shape index (κ1) is 14.3. The van der Waals surface area contributed by atoms with Crippen molar-refractivity contribution in [2.24, 2.45) is 5.73 Å². The van der Waals surface area contributed by atoms with Gasteiger partial charge in [-0.3, -0.25) is 0 Å². The molecule has 2 aromatic rings. The van der Waals surface area contributed by atoms with Gasteiger partial charge in [0.2, 0.25) is 0 Å². The van der Waals surface area contributed by atoms with Crippen LogP contribution in [0.4, 0.5) is 0 Å². The van der Waals surface area contributed by atoms with Crippen LogP contribution in [-0.2, 0) is 0 Å². The van der Waals surface area contributed by atoms with Crippen molar-refractivity contribution in [2.75, 3.05) is 0 Å². The lowest BCUT2D eigenvalue weighted by molar-refractivity contribution is 0.817. The quantitative estimate of drug-likeness (QED) is 0.872. The molecule has 0 aliphatic rings. The van der Waals surface area contributed by atoms with Crippen molar-refractivity contribution in [1.29, 1.82) is 0 Å². The minimum atomic E-state index is -0.0657. The van der Waals surface area contributed by atoms with E-state index in [4.69, 9.17) is 17.3 Å². The highest BCUT2D eigenvalue weighted by molar-refractivity contribution is 7.99. The molecule has 3 nitrogen and oxygen atoms in total. The first-order valence-corrected chi connectivity index (χ1v) is 7.20. The molecular formula is C14H16ClN3S. The van der Waals surface area contributed by atoms with E-state index in [1.807, 2.05) is 45.0 Å². The second-order valence-corrected chi connectivity index (χ2v) is 5.96. The van der Waals surface area contributed by atoms with E-state index in [0.29, 0.717) is 5.02 Å². The van der Waals surface area contributed by atoms with Crippen LogP contribution in [0.2, 0.25) is 5.02 Å². The summed E-state index contributed by atoms with van der Waals surface area (Å²) >= 11 is 7.72. The molecule has 2 N–H and O–H groups in total. The van der Waals surface area contributed by atoms with Gasteiger partial charge in [-0.1, -0.05) is 17.7 Å². The molecule has 0 bridgehead atoms. The van der Waals surface area contributed by atoms with Gasteiger partial charge in [0, 0.05) is 27.3 Å². The summed E-state index contributed by atoms with van der Waals surface area (Å²) in [5, 5.41) is 1.42. The molecular weight excluding hydrogens is 278 g/mol. The Labute approximate surface area is 122 Å². The second kappa shape index (κ2) is 5.90. The number of hydrogen-bond acceptors (Lipinski definition) is 4. The van der Waals surface area contributed by atoms with Gasteiger partial charge in [-0.2, -0.15) is 0 Å². The van der Waals surface area contributed by atoms with E-state index < -0.39 is 0 Å². The van der Waals surface area contributed by atoms with Crippen LogP contribution in [-0.4, -0.2) is 9.97 Å². The van der Waals surface area contributed by atoms with Gasteiger partial charge in [-0.15, -0.1) is 0 Å². The van der Waals surface area contributed by atoms with Crippen molar-refractivity contribution in [3.8, 4) is 0 Å². The Morgan fingerprint density at radius 2 is 1.79 bits per heavy atom. The second-order valence-electron chi connectivity index (χ2n) is 4.51. The minimum Gasteiger partial charge on any atom is -0.324 e. The summed E-state index contributed by atoms with van der Waals surface area (Å²) in [5.74, 6) is 0. The molecule has 1 heterocycles. The Morgan fingerprint density at radius 1 is 1.16 bits per heavy atom. The van der Waals surface area contributed by atoms with E-state index in [9.17, 15) is 0 Å². The maximum atomic E-state index is 6.22. The van der Waals surface area contributed by atoms with E-state index in [1.54, 1.807) is 0 Å². The van der Waals surface area contributed by atoms with Crippen molar-refractivity contribution in [3.05, 3.63) is 46.2 Å². The van der Waals surface area contributed by atoms with Crippen LogP contribution in [0.25, 0.3) is 0 Å². The van der Waals surface area contributed by atoms with Gasteiger partial charge in [-0.05, 0) is 56.3 Å². The van der Waals surface area contributed by atoms with Crippen molar-refractivity contribution >= 4 is 23.4 Å². The highest BCUT2D eigenvalue weighted by Gasteiger charge is 2.08. The van der Waals surface area contributed by atoms with Crippen molar-refractivity contribution < 1.29 is 0 Å². The van der Waals surface area contributed by atoms with E-state index >= 15 is 0 Å². The van der Waals surface area contributed by atoms with Gasteiger partial charge in [0.1, 0.15) is 0 Å². The molecule has 0 saturated carbocycles. The average Bonchev–Trinajstić information content (AvgIpc) is 2.26. The summed E-state index contributed by atoms with van der Waals surface area (Å²) in [6.07, 6.45) is 0. The Hall–Kier alpha value is -1.10. The minimum absolute atomic E-state index is 0.0657. The SMILES string of the molecule is Cc1cc(C)nc(Sc2ccc(C(C)N)c(Cl)c2)n1. The fraction of sp³-hybridized carbons (Fsp3) is 0.286. The summed E-state index contributed by atoms with van der Waals surface area (Å²) in [4.78, 5) is 9.81. The number of hydrogen-bond donors (Lipinski definition) is 1. The molecule has 0 spiro atoms. The smallest absolute Gasteiger partial charge is 0.192 e. The molecule has 0 aliphatic carbocycles. The maximum absolute atomic E-state index is 6.22. The van der Waals surface area contributed by atoms with Gasteiger partial charge in [0.25, 0.3) is 0 Å². The Morgan fingerprint density at radius 3 is 2.32 bits per heavy atom. The predicted octanol–water partition coefficient (Wildman–Crippen LogP) is 3.92. The largest absolute Gasteiger partial charge is 0.324 e. The summed E-state index contributed by atoms with van der Waals surface area (Å²) < 4.78 is 0. The Balaban J connectivity index is 2.26. The number of halogens is 1. The van der Waals surface area contributed by atoms with Crippen molar-refractivity contribution in [3.63, 3.8) is 0 Å². The van der Waals surface area contributed by atoms with Gasteiger partial charge in [0.05, 0.1) is 0 Å². The summed E-state index contributed by atoms with van der Waals surface area (Å²) in [5.41, 5.74) is 8.72. The summed E-state index contributed by atoms with van der Waals surface area (Å²) in [6, 6.07) is 7.75. The third-order valence-corrected chi connectivity index (χ3v) is 3.82. The molecule has 100 valence electrons. The molecule has 1 unspecified atom stereocenters. The van der Waals surface area contributed by atoms with E-state index in [2.05, 4.69) is 9.97 Å². The third kappa shape index (κ3) is 3.69. The van der Waals surface area contributed by atoms with Gasteiger partial charge in [0.15, 0.2) is 5.16 Å². The third-order valence-electron chi connectivity index (χ3n) is 2.63. The molecule has 0 aliphatic heterocycles. The molecule has 1 atom stereocenters. The molecule has 5 heteroatoms. The maximum Gasteiger partial charge on any atom is 0.192 e. The number of rotatable bonds is 3. The zero-order valence-corrected chi connectivity index (χ0v) is 12.7. The molecule has 1 aromatic heterocycles. The first-order chi connectivity index (χ1) is 8.95. The molecule has 0 saturated heterocycles. The van der Waals surface area contributed by atoms with Crippen LogP contribution in [0.15, 0.2) is 34.3 Å². The topological polar surface area (TPSA) is 51.8 Å². The van der Waals surface area contributed by atoms with Crippen LogP contribution >= 0.6 is 23.4 Å². The van der Waals surface area contributed by atoms with E-state index in [-0.39, 0.29) is 6.04 Å². The van der Waals surface area contributed by atoms with Gasteiger partial charge in [-0.25, -0.2) is 9.97 Å². The molecule has 2 rings (SSSR count). The van der Waals surface area contributed by atoms with Gasteiger partial charge < -0.3 is 5.73 Å². The fourth-order valence-corrected chi connectivity index (χ4v) is 3.11. The monoisotopic (exact) mass is 293 g/mol. The molecule has 1 aromatic carbocycles. The van der Waals surface area contributed by atoms with Crippen LogP contribution < -0.4 is 5.73 Å². The van der Waals surface area contributed by atoms with Crippen molar-refractivity contribution in [1.82, 2.24) is 9.97 Å². The number of nitrogens with zero attached hydrogens (tertiary/aromatic N) is 2.